The normalized spacial score (nSPS) is 14.1. The van der Waals surface area contributed by atoms with E-state index in [4.69, 9.17) is 33.3 Å². The first-order chi connectivity index (χ1) is 14.5. The van der Waals surface area contributed by atoms with Crippen molar-refractivity contribution in [2.45, 2.75) is 18.4 Å². The number of esters is 2. The predicted octanol–water partition coefficient (Wildman–Crippen LogP) is 1.02. The van der Waals surface area contributed by atoms with E-state index in [9.17, 15) is 23.6 Å². The van der Waals surface area contributed by atoms with Crippen LogP contribution in [-0.4, -0.2) is 45.0 Å². The van der Waals surface area contributed by atoms with E-state index in [1.165, 1.54) is 14.1 Å². The Balaban J connectivity index is 2.02. The molecule has 31 heavy (non-hydrogen) atoms. The van der Waals surface area contributed by atoms with Crippen molar-refractivity contribution in [1.29, 1.82) is 0 Å². The van der Waals surface area contributed by atoms with Crippen LogP contribution < -0.4 is 16.1 Å². The van der Waals surface area contributed by atoms with Gasteiger partial charge in [0.1, 0.15) is 11.6 Å². The molecule has 0 saturated heterocycles. The highest BCUT2D eigenvalue weighted by Gasteiger charge is 2.55. The molecular weight excluding hydrogens is 457 g/mol. The van der Waals surface area contributed by atoms with Gasteiger partial charge in [0.05, 0.1) is 17.8 Å². The fourth-order valence-electron chi connectivity index (χ4n) is 2.73. The molecule has 13 heteroatoms. The number of benzene rings is 1. The van der Waals surface area contributed by atoms with Gasteiger partial charge in [-0.2, -0.15) is 0 Å². The average Bonchev–Trinajstić information content (AvgIpc) is 3.52. The summed E-state index contributed by atoms with van der Waals surface area (Å²) < 4.78 is 32.1. The van der Waals surface area contributed by atoms with Crippen molar-refractivity contribution in [1.82, 2.24) is 13.7 Å². The molecule has 2 aromatic rings. The van der Waals surface area contributed by atoms with Crippen LogP contribution >= 0.6 is 23.8 Å². The van der Waals surface area contributed by atoms with Gasteiger partial charge in [0, 0.05) is 33.0 Å². The van der Waals surface area contributed by atoms with Gasteiger partial charge in [-0.25, -0.2) is 28.1 Å². The molecular formula is C18H17ClFN3O7S. The van der Waals surface area contributed by atoms with Gasteiger partial charge in [-0.15, -0.1) is 0 Å². The molecule has 0 radical (unpaired) electrons. The van der Waals surface area contributed by atoms with Crippen LogP contribution in [0.3, 0.4) is 0 Å². The van der Waals surface area contributed by atoms with Gasteiger partial charge in [-0.3, -0.25) is 9.13 Å². The van der Waals surface area contributed by atoms with Gasteiger partial charge in [-0.05, 0) is 18.3 Å². The van der Waals surface area contributed by atoms with Crippen molar-refractivity contribution < 1.29 is 28.2 Å². The molecule has 0 spiro atoms. The molecule has 0 aliphatic heterocycles. The molecule has 0 bridgehead atoms. The van der Waals surface area contributed by atoms with E-state index in [1.54, 1.807) is 0 Å². The summed E-state index contributed by atoms with van der Waals surface area (Å²) in [5.74, 6) is -2.69. The van der Waals surface area contributed by atoms with Crippen LogP contribution in [0.2, 0.25) is 5.02 Å². The second-order valence-electron chi connectivity index (χ2n) is 6.78. The van der Waals surface area contributed by atoms with Crippen LogP contribution in [0.4, 0.5) is 4.39 Å². The smallest absolute Gasteiger partial charge is 0.351 e. The molecule has 1 aliphatic carbocycles. The first kappa shape index (κ1) is 22.7. The molecule has 3 rings (SSSR count). The van der Waals surface area contributed by atoms with E-state index in [1.807, 2.05) is 0 Å². The minimum Gasteiger partial charge on any atom is -0.474 e. The number of halogens is 2. The molecule has 0 atom stereocenters. The number of nitrogens with zero attached hydrogens (tertiary/aromatic N) is 3. The minimum atomic E-state index is -1.42. The van der Waals surface area contributed by atoms with Crippen LogP contribution in [0.5, 0.6) is 5.75 Å². The summed E-state index contributed by atoms with van der Waals surface area (Å²) in [5, 5.41) is -0.192. The second-order valence-corrected chi connectivity index (χ2v) is 7.56. The zero-order valence-electron chi connectivity index (χ0n) is 16.6. The Kier molecular flexibility index (Phi) is 6.05. The largest absolute Gasteiger partial charge is 0.474 e. The molecule has 1 fully saturated rings. The standard InChI is InChI=1S/C18H17ClFN3O7S/c1-21-15(26)23(16(27)22(2)17(21)31)11-7-12(9(19)6-10(11)20)30-18(4-5-18)14(25)29-8-13(24)28-3/h6-7H,4-5,8H2,1-3H3. The van der Waals surface area contributed by atoms with E-state index in [2.05, 4.69) is 4.74 Å². The monoisotopic (exact) mass is 473 g/mol. The van der Waals surface area contributed by atoms with Gasteiger partial charge in [0.15, 0.2) is 11.4 Å². The highest BCUT2D eigenvalue weighted by Crippen LogP contribution is 2.44. The first-order valence-electron chi connectivity index (χ1n) is 8.84. The van der Waals surface area contributed by atoms with E-state index in [0.717, 1.165) is 28.4 Å². The maximum Gasteiger partial charge on any atom is 0.351 e. The highest BCUT2D eigenvalue weighted by molar-refractivity contribution is 7.71. The molecule has 1 aliphatic rings. The Hall–Kier alpha value is -2.99. The number of hydrogen-bond acceptors (Lipinski definition) is 8. The summed E-state index contributed by atoms with van der Waals surface area (Å²) in [4.78, 5) is 48.7. The van der Waals surface area contributed by atoms with Crippen molar-refractivity contribution >= 4 is 35.8 Å². The molecule has 166 valence electrons. The summed E-state index contributed by atoms with van der Waals surface area (Å²) in [6, 6.07) is 1.90. The van der Waals surface area contributed by atoms with Crippen LogP contribution in [0.15, 0.2) is 21.7 Å². The number of carbonyl (C=O) groups excluding carboxylic acids is 2. The van der Waals surface area contributed by atoms with Crippen molar-refractivity contribution in [3.8, 4) is 11.4 Å². The van der Waals surface area contributed by atoms with E-state index < -0.39 is 47.0 Å². The van der Waals surface area contributed by atoms with Crippen molar-refractivity contribution in [3.63, 3.8) is 0 Å². The third kappa shape index (κ3) is 4.12. The Labute approximate surface area is 184 Å². The molecule has 1 aromatic carbocycles. The summed E-state index contributed by atoms with van der Waals surface area (Å²) in [7, 11) is 3.81. The van der Waals surface area contributed by atoms with E-state index >= 15 is 0 Å². The Bertz CT molecular complexity index is 1220. The summed E-state index contributed by atoms with van der Waals surface area (Å²) in [6.45, 7) is -0.599. The predicted molar refractivity (Wildman–Crippen MR) is 108 cm³/mol. The molecule has 0 unspecified atom stereocenters. The van der Waals surface area contributed by atoms with Gasteiger partial charge in [0.2, 0.25) is 5.60 Å². The second kappa shape index (κ2) is 8.27. The lowest BCUT2D eigenvalue weighted by Crippen LogP contribution is -2.43. The van der Waals surface area contributed by atoms with Crippen LogP contribution in [-0.2, 0) is 33.2 Å². The quantitative estimate of drug-likeness (QED) is 0.452. The first-order valence-corrected chi connectivity index (χ1v) is 9.62. The van der Waals surface area contributed by atoms with Gasteiger partial charge in [0.25, 0.3) is 0 Å². The van der Waals surface area contributed by atoms with Gasteiger partial charge < -0.3 is 14.2 Å². The summed E-state index contributed by atoms with van der Waals surface area (Å²) in [5.41, 5.74) is -3.61. The Morgan fingerprint density at radius 3 is 2.29 bits per heavy atom. The van der Waals surface area contributed by atoms with Gasteiger partial charge in [-0.1, -0.05) is 11.6 Å². The zero-order valence-corrected chi connectivity index (χ0v) is 18.2. The maximum absolute atomic E-state index is 14.7. The van der Waals surface area contributed by atoms with Crippen LogP contribution in [0.25, 0.3) is 5.69 Å². The highest BCUT2D eigenvalue weighted by atomic mass is 35.5. The molecule has 1 heterocycles. The number of hydrogen-bond donors (Lipinski definition) is 0. The fraction of sp³-hybridized carbons (Fsp3) is 0.389. The van der Waals surface area contributed by atoms with E-state index in [-0.39, 0.29) is 28.4 Å². The number of carbonyl (C=O) groups is 2. The van der Waals surface area contributed by atoms with Crippen molar-refractivity contribution in [3.05, 3.63) is 48.7 Å². The fourth-order valence-corrected chi connectivity index (χ4v) is 3.08. The average molecular weight is 474 g/mol. The van der Waals surface area contributed by atoms with Crippen LogP contribution in [0, 0.1) is 10.6 Å². The van der Waals surface area contributed by atoms with Crippen molar-refractivity contribution in [2.75, 3.05) is 13.7 Å². The SMILES string of the molecule is COC(=O)COC(=O)C1(Oc2cc(-n3c(=O)n(C)c(=S)n(C)c3=O)c(F)cc2Cl)CC1. The number of methoxy groups -OCH3 is 1. The molecule has 10 nitrogen and oxygen atoms in total. The Morgan fingerprint density at radius 2 is 1.77 bits per heavy atom. The zero-order chi connectivity index (χ0) is 23.1. The number of rotatable bonds is 6. The van der Waals surface area contributed by atoms with Crippen molar-refractivity contribution in [2.24, 2.45) is 14.1 Å². The summed E-state index contributed by atoms with van der Waals surface area (Å²) >= 11 is 11.1. The lowest BCUT2D eigenvalue weighted by molar-refractivity contribution is -0.163. The Morgan fingerprint density at radius 1 is 1.19 bits per heavy atom. The number of aromatic nitrogens is 3. The topological polar surface area (TPSA) is 111 Å². The minimum absolute atomic E-state index is 0.0534. The molecule has 1 saturated carbocycles. The molecule has 0 amide bonds. The number of ether oxygens (including phenoxy) is 3. The van der Waals surface area contributed by atoms with Crippen LogP contribution in [0.1, 0.15) is 12.8 Å². The van der Waals surface area contributed by atoms with Gasteiger partial charge >= 0.3 is 23.3 Å². The lowest BCUT2D eigenvalue weighted by Gasteiger charge is -2.19. The maximum atomic E-state index is 14.7. The third-order valence-corrected chi connectivity index (χ3v) is 5.55. The molecule has 0 N–H and O–H groups in total. The lowest BCUT2D eigenvalue weighted by atomic mass is 10.2. The summed E-state index contributed by atoms with van der Waals surface area (Å²) in [6.07, 6.45) is 0.523. The third-order valence-electron chi connectivity index (χ3n) is 4.70. The molecule has 1 aromatic heterocycles. The van der Waals surface area contributed by atoms with E-state index in [0.29, 0.717) is 4.57 Å².